The summed E-state index contributed by atoms with van der Waals surface area (Å²) in [5, 5.41) is 0.418. The van der Waals surface area contributed by atoms with E-state index in [1.807, 2.05) is 17.0 Å². The Hall–Kier alpha value is -1.73. The Morgan fingerprint density at radius 3 is 2.25 bits per heavy atom. The number of alkyl halides is 3. The number of halogens is 5. The zero-order chi connectivity index (χ0) is 17.3. The SMILES string of the molecule is FC(F)(F)c1cnc(N2CCN(c3cccc(Cl)n3)CC2)c(Cl)c1. The van der Waals surface area contributed by atoms with E-state index in [9.17, 15) is 13.2 Å². The van der Waals surface area contributed by atoms with Crippen molar-refractivity contribution in [1.29, 1.82) is 0 Å². The van der Waals surface area contributed by atoms with Crippen LogP contribution in [0, 0.1) is 0 Å². The van der Waals surface area contributed by atoms with Gasteiger partial charge in [0.05, 0.1) is 10.6 Å². The summed E-state index contributed by atoms with van der Waals surface area (Å²) in [6.45, 7) is 2.44. The molecule has 1 saturated heterocycles. The fourth-order valence-corrected chi connectivity index (χ4v) is 2.98. The van der Waals surface area contributed by atoms with E-state index in [1.54, 1.807) is 6.07 Å². The number of nitrogens with zero attached hydrogens (tertiary/aromatic N) is 4. The Morgan fingerprint density at radius 2 is 1.67 bits per heavy atom. The van der Waals surface area contributed by atoms with Gasteiger partial charge in [-0.3, -0.25) is 0 Å². The number of anilines is 2. The van der Waals surface area contributed by atoms with Crippen LogP contribution in [-0.4, -0.2) is 36.1 Å². The molecule has 3 rings (SSSR count). The van der Waals surface area contributed by atoms with Gasteiger partial charge in [0, 0.05) is 32.4 Å². The molecule has 0 bridgehead atoms. The maximum atomic E-state index is 12.7. The second-order valence-electron chi connectivity index (χ2n) is 5.32. The van der Waals surface area contributed by atoms with Gasteiger partial charge in [0.25, 0.3) is 0 Å². The molecular formula is C15H13Cl2F3N4. The Labute approximate surface area is 146 Å². The summed E-state index contributed by atoms with van der Waals surface area (Å²) in [5.74, 6) is 1.14. The average molecular weight is 377 g/mol. The fraction of sp³-hybridized carbons (Fsp3) is 0.333. The lowest BCUT2D eigenvalue weighted by atomic mass is 10.2. The van der Waals surface area contributed by atoms with Crippen LogP contribution in [0.1, 0.15) is 5.56 Å². The topological polar surface area (TPSA) is 32.3 Å². The van der Waals surface area contributed by atoms with Crippen molar-refractivity contribution >= 4 is 34.8 Å². The van der Waals surface area contributed by atoms with Gasteiger partial charge in [0.15, 0.2) is 0 Å². The molecule has 0 N–H and O–H groups in total. The standard InChI is InChI=1S/C15H13Cl2F3N4/c16-11-8-10(15(18,19)20)9-21-14(11)24-6-4-23(5-7-24)13-3-1-2-12(17)22-13/h1-3,8-9H,4-7H2. The second-order valence-corrected chi connectivity index (χ2v) is 6.11. The molecule has 9 heteroatoms. The smallest absolute Gasteiger partial charge is 0.353 e. The van der Waals surface area contributed by atoms with Crippen LogP contribution in [0.3, 0.4) is 0 Å². The first kappa shape index (κ1) is 17.1. The molecule has 24 heavy (non-hydrogen) atoms. The molecule has 0 aromatic carbocycles. The first-order valence-electron chi connectivity index (χ1n) is 7.20. The van der Waals surface area contributed by atoms with Crippen molar-refractivity contribution in [2.24, 2.45) is 0 Å². The van der Waals surface area contributed by atoms with Crippen LogP contribution >= 0.6 is 23.2 Å². The molecule has 0 unspecified atom stereocenters. The predicted octanol–water partition coefficient (Wildman–Crippen LogP) is 4.13. The van der Waals surface area contributed by atoms with Crippen LogP contribution in [0.2, 0.25) is 10.2 Å². The van der Waals surface area contributed by atoms with Gasteiger partial charge in [-0.2, -0.15) is 13.2 Å². The molecular weight excluding hydrogens is 364 g/mol. The molecule has 0 aliphatic carbocycles. The molecule has 1 aliphatic heterocycles. The molecule has 2 aromatic heterocycles. The summed E-state index contributed by atoms with van der Waals surface area (Å²) in [5.41, 5.74) is -0.849. The van der Waals surface area contributed by atoms with E-state index >= 15 is 0 Å². The normalized spacial score (nSPS) is 15.7. The number of hydrogen-bond donors (Lipinski definition) is 0. The summed E-state index contributed by atoms with van der Waals surface area (Å²) >= 11 is 11.9. The van der Waals surface area contributed by atoms with Crippen molar-refractivity contribution in [3.8, 4) is 0 Å². The number of rotatable bonds is 2. The van der Waals surface area contributed by atoms with Gasteiger partial charge in [-0.05, 0) is 18.2 Å². The number of hydrogen-bond acceptors (Lipinski definition) is 4. The first-order valence-corrected chi connectivity index (χ1v) is 7.95. The highest BCUT2D eigenvalue weighted by atomic mass is 35.5. The van der Waals surface area contributed by atoms with Gasteiger partial charge in [-0.15, -0.1) is 0 Å². The van der Waals surface area contributed by atoms with Crippen molar-refractivity contribution < 1.29 is 13.2 Å². The van der Waals surface area contributed by atoms with Crippen LogP contribution in [0.5, 0.6) is 0 Å². The molecule has 3 heterocycles. The van der Waals surface area contributed by atoms with Gasteiger partial charge in [0.2, 0.25) is 0 Å². The maximum Gasteiger partial charge on any atom is 0.417 e. The minimum atomic E-state index is -4.45. The van der Waals surface area contributed by atoms with Crippen LogP contribution in [0.15, 0.2) is 30.5 Å². The van der Waals surface area contributed by atoms with E-state index in [0.717, 1.165) is 18.1 Å². The molecule has 0 saturated carbocycles. The molecule has 4 nitrogen and oxygen atoms in total. The summed E-state index contributed by atoms with van der Waals surface area (Å²) in [7, 11) is 0. The highest BCUT2D eigenvalue weighted by molar-refractivity contribution is 6.33. The molecule has 0 radical (unpaired) electrons. The number of aromatic nitrogens is 2. The highest BCUT2D eigenvalue weighted by Gasteiger charge is 2.32. The summed E-state index contributed by atoms with van der Waals surface area (Å²) in [6, 6.07) is 6.30. The monoisotopic (exact) mass is 376 g/mol. The summed E-state index contributed by atoms with van der Waals surface area (Å²) in [4.78, 5) is 12.1. The van der Waals surface area contributed by atoms with Crippen molar-refractivity contribution in [2.75, 3.05) is 36.0 Å². The largest absolute Gasteiger partial charge is 0.417 e. The van der Waals surface area contributed by atoms with Crippen molar-refractivity contribution in [1.82, 2.24) is 9.97 Å². The molecule has 2 aromatic rings. The van der Waals surface area contributed by atoms with Crippen LogP contribution in [0.4, 0.5) is 24.8 Å². The summed E-state index contributed by atoms with van der Waals surface area (Å²) in [6.07, 6.45) is -3.64. The predicted molar refractivity (Wildman–Crippen MR) is 87.9 cm³/mol. The van der Waals surface area contributed by atoms with E-state index in [1.165, 1.54) is 0 Å². The maximum absolute atomic E-state index is 12.7. The number of piperazine rings is 1. The Bertz CT molecular complexity index is 731. The van der Waals surface area contributed by atoms with Gasteiger partial charge >= 0.3 is 6.18 Å². The molecule has 0 spiro atoms. The lowest BCUT2D eigenvalue weighted by molar-refractivity contribution is -0.137. The van der Waals surface area contributed by atoms with E-state index in [-0.39, 0.29) is 5.02 Å². The fourth-order valence-electron chi connectivity index (χ4n) is 2.54. The molecule has 0 atom stereocenters. The molecule has 1 aliphatic rings. The number of pyridine rings is 2. The third kappa shape index (κ3) is 3.67. The zero-order valence-electron chi connectivity index (χ0n) is 12.4. The molecule has 0 amide bonds. The second kappa shape index (κ2) is 6.64. The van der Waals surface area contributed by atoms with Crippen LogP contribution in [-0.2, 0) is 6.18 Å². The van der Waals surface area contributed by atoms with Gasteiger partial charge in [0.1, 0.15) is 16.8 Å². The molecule has 1 fully saturated rings. The van der Waals surface area contributed by atoms with E-state index < -0.39 is 11.7 Å². The van der Waals surface area contributed by atoms with Gasteiger partial charge < -0.3 is 9.80 Å². The van der Waals surface area contributed by atoms with E-state index in [4.69, 9.17) is 23.2 Å². The van der Waals surface area contributed by atoms with E-state index in [0.29, 0.717) is 37.1 Å². The third-order valence-electron chi connectivity index (χ3n) is 3.75. The first-order chi connectivity index (χ1) is 11.3. The van der Waals surface area contributed by atoms with Crippen LogP contribution < -0.4 is 9.80 Å². The molecule has 128 valence electrons. The summed E-state index contributed by atoms with van der Waals surface area (Å²) < 4.78 is 38.0. The minimum Gasteiger partial charge on any atom is -0.353 e. The quantitative estimate of drug-likeness (QED) is 0.737. The highest BCUT2D eigenvalue weighted by Crippen LogP contribution is 2.33. The third-order valence-corrected chi connectivity index (χ3v) is 4.24. The lowest BCUT2D eigenvalue weighted by Crippen LogP contribution is -2.47. The Morgan fingerprint density at radius 1 is 1.00 bits per heavy atom. The lowest BCUT2D eigenvalue weighted by Gasteiger charge is -2.36. The van der Waals surface area contributed by atoms with E-state index in [2.05, 4.69) is 14.9 Å². The van der Waals surface area contributed by atoms with Crippen molar-refractivity contribution in [3.05, 3.63) is 46.2 Å². The minimum absolute atomic E-state index is 0.000782. The van der Waals surface area contributed by atoms with Crippen LogP contribution in [0.25, 0.3) is 0 Å². The average Bonchev–Trinajstić information content (AvgIpc) is 2.54. The Kier molecular flexibility index (Phi) is 4.73. The van der Waals surface area contributed by atoms with Gasteiger partial charge in [-0.1, -0.05) is 29.3 Å². The van der Waals surface area contributed by atoms with Gasteiger partial charge in [-0.25, -0.2) is 9.97 Å². The van der Waals surface area contributed by atoms with Crippen molar-refractivity contribution in [2.45, 2.75) is 6.18 Å². The zero-order valence-corrected chi connectivity index (χ0v) is 13.9. The van der Waals surface area contributed by atoms with Crippen molar-refractivity contribution in [3.63, 3.8) is 0 Å². The Balaban J connectivity index is 1.71.